The Morgan fingerprint density at radius 3 is 3.00 bits per heavy atom. The highest BCUT2D eigenvalue weighted by Gasteiger charge is 2.03. The molecule has 0 aliphatic heterocycles. The van der Waals surface area contributed by atoms with Crippen molar-refractivity contribution in [3.63, 3.8) is 0 Å². The Labute approximate surface area is 84.5 Å². The zero-order valence-electron chi connectivity index (χ0n) is 9.03. The maximum atomic E-state index is 5.00. The molecule has 1 aromatic rings. The smallest absolute Gasteiger partial charge is 0.140 e. The number of hydrogen-bond donors (Lipinski definition) is 1. The fraction of sp³-hybridized carbons (Fsp3) is 0.778. The minimum absolute atomic E-state index is 0.437. The van der Waals surface area contributed by atoms with Crippen LogP contribution in [0.15, 0.2) is 6.33 Å². The lowest BCUT2D eigenvalue weighted by atomic mass is 10.2. The molecule has 1 rings (SSSR count). The van der Waals surface area contributed by atoms with Gasteiger partial charge in [0.2, 0.25) is 0 Å². The summed E-state index contributed by atoms with van der Waals surface area (Å²) in [6.07, 6.45) is 2.57. The van der Waals surface area contributed by atoms with Gasteiger partial charge in [-0.2, -0.15) is 5.10 Å². The molecule has 0 radical (unpaired) electrons. The third-order valence-corrected chi connectivity index (χ3v) is 2.17. The molecule has 0 aromatic carbocycles. The molecule has 0 aliphatic rings. The summed E-state index contributed by atoms with van der Waals surface area (Å²) < 4.78 is 6.77. The zero-order chi connectivity index (χ0) is 10.4. The van der Waals surface area contributed by atoms with Gasteiger partial charge in [-0.3, -0.25) is 4.68 Å². The standard InChI is InChI=1S/C9H18N4O/c1-8(4-5-14-3)10-6-9-11-7-12-13(9)2/h7-8,10H,4-6H2,1-3H3. The molecule has 14 heavy (non-hydrogen) atoms. The normalized spacial score (nSPS) is 13.1. The van der Waals surface area contributed by atoms with Crippen LogP contribution in [0.4, 0.5) is 0 Å². The summed E-state index contributed by atoms with van der Waals surface area (Å²) in [7, 11) is 3.61. The van der Waals surface area contributed by atoms with E-state index >= 15 is 0 Å². The van der Waals surface area contributed by atoms with Gasteiger partial charge in [0, 0.05) is 26.8 Å². The van der Waals surface area contributed by atoms with Gasteiger partial charge in [-0.25, -0.2) is 4.98 Å². The lowest BCUT2D eigenvalue weighted by Crippen LogP contribution is -2.27. The maximum absolute atomic E-state index is 5.00. The third-order valence-electron chi connectivity index (χ3n) is 2.17. The Kier molecular flexibility index (Phi) is 4.55. The van der Waals surface area contributed by atoms with Gasteiger partial charge in [-0.15, -0.1) is 0 Å². The van der Waals surface area contributed by atoms with Crippen molar-refractivity contribution < 1.29 is 4.74 Å². The summed E-state index contributed by atoms with van der Waals surface area (Å²) in [6, 6.07) is 0.437. The molecule has 1 N–H and O–H groups in total. The van der Waals surface area contributed by atoms with E-state index in [2.05, 4.69) is 22.3 Å². The first kappa shape index (κ1) is 11.1. The summed E-state index contributed by atoms with van der Waals surface area (Å²) in [5.41, 5.74) is 0. The Morgan fingerprint density at radius 1 is 1.64 bits per heavy atom. The molecule has 5 heteroatoms. The predicted octanol–water partition coefficient (Wildman–Crippen LogP) is 0.330. The van der Waals surface area contributed by atoms with Crippen LogP contribution in [0, 0.1) is 0 Å². The van der Waals surface area contributed by atoms with Gasteiger partial charge >= 0.3 is 0 Å². The van der Waals surface area contributed by atoms with Gasteiger partial charge in [-0.1, -0.05) is 0 Å². The van der Waals surface area contributed by atoms with Gasteiger partial charge in [0.05, 0.1) is 6.54 Å². The summed E-state index contributed by atoms with van der Waals surface area (Å²) in [4.78, 5) is 4.13. The highest BCUT2D eigenvalue weighted by atomic mass is 16.5. The lowest BCUT2D eigenvalue weighted by molar-refractivity contribution is 0.184. The van der Waals surface area contributed by atoms with Gasteiger partial charge in [0.1, 0.15) is 12.2 Å². The molecule has 0 aliphatic carbocycles. The predicted molar refractivity (Wildman–Crippen MR) is 53.8 cm³/mol. The van der Waals surface area contributed by atoms with Crippen molar-refractivity contribution >= 4 is 0 Å². The van der Waals surface area contributed by atoms with E-state index in [9.17, 15) is 0 Å². The first-order valence-electron chi connectivity index (χ1n) is 4.79. The van der Waals surface area contributed by atoms with Crippen molar-refractivity contribution in [2.24, 2.45) is 7.05 Å². The fourth-order valence-electron chi connectivity index (χ4n) is 1.14. The first-order valence-corrected chi connectivity index (χ1v) is 4.79. The number of hydrogen-bond acceptors (Lipinski definition) is 4. The van der Waals surface area contributed by atoms with Gasteiger partial charge in [0.15, 0.2) is 0 Å². The van der Waals surface area contributed by atoms with Gasteiger partial charge in [-0.05, 0) is 13.3 Å². The molecule has 1 heterocycles. The largest absolute Gasteiger partial charge is 0.385 e. The topological polar surface area (TPSA) is 52.0 Å². The molecule has 0 fully saturated rings. The van der Waals surface area contributed by atoms with E-state index in [1.807, 2.05) is 7.05 Å². The van der Waals surface area contributed by atoms with Crippen LogP contribution in [0.25, 0.3) is 0 Å². The van der Waals surface area contributed by atoms with E-state index in [0.29, 0.717) is 6.04 Å². The number of nitrogens with zero attached hydrogens (tertiary/aromatic N) is 3. The molecule has 5 nitrogen and oxygen atoms in total. The molecule has 0 spiro atoms. The van der Waals surface area contributed by atoms with Crippen LogP contribution in [0.3, 0.4) is 0 Å². The molecule has 1 atom stereocenters. The van der Waals surface area contributed by atoms with Crippen LogP contribution in [0.1, 0.15) is 19.2 Å². The number of ether oxygens (including phenoxy) is 1. The maximum Gasteiger partial charge on any atom is 0.140 e. The van der Waals surface area contributed by atoms with Crippen LogP contribution in [0.2, 0.25) is 0 Å². The minimum Gasteiger partial charge on any atom is -0.385 e. The molecular weight excluding hydrogens is 180 g/mol. The summed E-state index contributed by atoms with van der Waals surface area (Å²) in [5, 5.41) is 7.35. The molecule has 0 amide bonds. The van der Waals surface area contributed by atoms with Crippen LogP contribution < -0.4 is 5.32 Å². The number of aryl methyl sites for hydroxylation is 1. The van der Waals surface area contributed by atoms with Crippen molar-refractivity contribution in [3.05, 3.63) is 12.2 Å². The number of methoxy groups -OCH3 is 1. The van der Waals surface area contributed by atoms with E-state index in [-0.39, 0.29) is 0 Å². The van der Waals surface area contributed by atoms with E-state index in [4.69, 9.17) is 4.74 Å². The Hall–Kier alpha value is -0.940. The van der Waals surface area contributed by atoms with E-state index in [0.717, 1.165) is 25.4 Å². The molecule has 0 bridgehead atoms. The van der Waals surface area contributed by atoms with E-state index < -0.39 is 0 Å². The second kappa shape index (κ2) is 5.72. The van der Waals surface area contributed by atoms with E-state index in [1.54, 1.807) is 18.1 Å². The number of nitrogens with one attached hydrogen (secondary N) is 1. The van der Waals surface area contributed by atoms with Gasteiger partial charge in [0.25, 0.3) is 0 Å². The quantitative estimate of drug-likeness (QED) is 0.715. The molecule has 1 aromatic heterocycles. The van der Waals surface area contributed by atoms with Crippen LogP contribution >= 0.6 is 0 Å². The van der Waals surface area contributed by atoms with Crippen LogP contribution in [0.5, 0.6) is 0 Å². The number of rotatable bonds is 6. The Balaban J connectivity index is 2.23. The van der Waals surface area contributed by atoms with Crippen molar-refractivity contribution in [1.82, 2.24) is 20.1 Å². The second-order valence-corrected chi connectivity index (χ2v) is 3.36. The van der Waals surface area contributed by atoms with Crippen LogP contribution in [-0.4, -0.2) is 34.5 Å². The molecule has 80 valence electrons. The van der Waals surface area contributed by atoms with E-state index in [1.165, 1.54) is 0 Å². The molecule has 0 saturated heterocycles. The average Bonchev–Trinajstić information content (AvgIpc) is 2.58. The second-order valence-electron chi connectivity index (χ2n) is 3.36. The van der Waals surface area contributed by atoms with Crippen molar-refractivity contribution in [3.8, 4) is 0 Å². The van der Waals surface area contributed by atoms with Crippen molar-refractivity contribution in [1.29, 1.82) is 0 Å². The molecule has 0 saturated carbocycles. The SMILES string of the molecule is COCCC(C)NCc1ncnn1C. The van der Waals surface area contributed by atoms with Crippen LogP contribution in [-0.2, 0) is 18.3 Å². The monoisotopic (exact) mass is 198 g/mol. The summed E-state index contributed by atoms with van der Waals surface area (Å²) in [5.74, 6) is 0.953. The molecule has 1 unspecified atom stereocenters. The summed E-state index contributed by atoms with van der Waals surface area (Å²) >= 11 is 0. The zero-order valence-corrected chi connectivity index (χ0v) is 9.03. The fourth-order valence-corrected chi connectivity index (χ4v) is 1.14. The Morgan fingerprint density at radius 2 is 2.43 bits per heavy atom. The first-order chi connectivity index (χ1) is 6.74. The van der Waals surface area contributed by atoms with Gasteiger partial charge < -0.3 is 10.1 Å². The third kappa shape index (κ3) is 3.43. The number of aromatic nitrogens is 3. The molecular formula is C9H18N4O. The average molecular weight is 198 g/mol. The highest BCUT2D eigenvalue weighted by molar-refractivity contribution is 4.82. The lowest BCUT2D eigenvalue weighted by Gasteiger charge is -2.12. The summed E-state index contributed by atoms with van der Waals surface area (Å²) in [6.45, 7) is 3.67. The Bertz CT molecular complexity index is 261. The van der Waals surface area contributed by atoms with Crippen molar-refractivity contribution in [2.75, 3.05) is 13.7 Å². The highest BCUT2D eigenvalue weighted by Crippen LogP contribution is 1.94. The minimum atomic E-state index is 0.437. The van der Waals surface area contributed by atoms with Crippen molar-refractivity contribution in [2.45, 2.75) is 25.9 Å².